The Morgan fingerprint density at radius 3 is 2.60 bits per heavy atom. The van der Waals surface area contributed by atoms with Crippen LogP contribution in [0, 0.1) is 23.7 Å². The van der Waals surface area contributed by atoms with Gasteiger partial charge in [-0.2, -0.15) is 5.48 Å². The minimum absolute atomic E-state index is 0.0363. The maximum atomic E-state index is 11.8. The van der Waals surface area contributed by atoms with Gasteiger partial charge < -0.3 is 14.9 Å². The summed E-state index contributed by atoms with van der Waals surface area (Å²) < 4.78 is 6.27. The number of allylic oxidation sites excluding steroid dienone is 2. The first-order chi connectivity index (χ1) is 17.0. The van der Waals surface area contributed by atoms with Crippen LogP contribution in [0.5, 0.6) is 0 Å². The van der Waals surface area contributed by atoms with Crippen molar-refractivity contribution in [2.24, 2.45) is 23.7 Å². The first-order valence-corrected chi connectivity index (χ1v) is 15.0. The lowest BCUT2D eigenvalue weighted by atomic mass is 9.68. The predicted molar refractivity (Wildman–Crippen MR) is 138 cm³/mol. The smallest absolute Gasteiger partial charge is 0.123 e. The highest BCUT2D eigenvalue weighted by atomic mass is 35.5. The molecular formula is C28H47ClN2O4. The number of nitrogens with one attached hydrogen (secondary N) is 1. The largest absolute Gasteiger partial charge is 0.492 e. The molecule has 7 atom stereocenters. The molecule has 2 saturated heterocycles. The molecule has 0 bridgehead atoms. The van der Waals surface area contributed by atoms with Gasteiger partial charge in [-0.1, -0.05) is 19.8 Å². The molecule has 200 valence electrons. The number of alkyl halides is 1. The van der Waals surface area contributed by atoms with Gasteiger partial charge in [0.1, 0.15) is 6.10 Å². The summed E-state index contributed by atoms with van der Waals surface area (Å²) in [6, 6.07) is 0.134. The normalized spacial score (nSPS) is 42.3. The second-order valence-corrected chi connectivity index (χ2v) is 12.6. The van der Waals surface area contributed by atoms with Gasteiger partial charge in [0.2, 0.25) is 0 Å². The molecule has 4 fully saturated rings. The Hall–Kier alpha value is -0.370. The molecule has 35 heavy (non-hydrogen) atoms. The van der Waals surface area contributed by atoms with Crippen LogP contribution in [-0.4, -0.2) is 70.6 Å². The molecule has 0 spiro atoms. The maximum absolute atomic E-state index is 11.8. The van der Waals surface area contributed by atoms with Gasteiger partial charge in [0.15, 0.2) is 0 Å². The van der Waals surface area contributed by atoms with E-state index in [4.69, 9.17) is 21.2 Å². The molecule has 5 aliphatic rings. The molecule has 0 aromatic heterocycles. The maximum Gasteiger partial charge on any atom is 0.123 e. The second-order valence-electron chi connectivity index (χ2n) is 12.0. The van der Waals surface area contributed by atoms with Crippen molar-refractivity contribution < 1.29 is 19.8 Å². The van der Waals surface area contributed by atoms with Crippen molar-refractivity contribution in [3.05, 3.63) is 11.8 Å². The van der Waals surface area contributed by atoms with Gasteiger partial charge in [0.25, 0.3) is 0 Å². The van der Waals surface area contributed by atoms with E-state index in [0.29, 0.717) is 17.9 Å². The number of halogens is 1. The van der Waals surface area contributed by atoms with Crippen LogP contribution < -0.4 is 5.48 Å². The number of aliphatic hydroxyl groups excluding tert-OH is 2. The summed E-state index contributed by atoms with van der Waals surface area (Å²) in [6.07, 6.45) is 14.1. The topological polar surface area (TPSA) is 74.2 Å². The zero-order valence-corrected chi connectivity index (χ0v) is 22.2. The Kier molecular flexibility index (Phi) is 9.00. The number of ether oxygens (including phenoxy) is 1. The molecule has 5 unspecified atom stereocenters. The van der Waals surface area contributed by atoms with E-state index >= 15 is 0 Å². The Morgan fingerprint density at radius 2 is 1.91 bits per heavy atom. The van der Waals surface area contributed by atoms with E-state index < -0.39 is 6.10 Å². The summed E-state index contributed by atoms with van der Waals surface area (Å²) in [6.45, 7) is 5.48. The first-order valence-electron chi connectivity index (χ1n) is 14.5. The third-order valence-electron chi connectivity index (χ3n) is 9.61. The van der Waals surface area contributed by atoms with Crippen LogP contribution in [0.25, 0.3) is 0 Å². The highest BCUT2D eigenvalue weighted by molar-refractivity contribution is 6.20. The molecule has 0 radical (unpaired) electrons. The van der Waals surface area contributed by atoms with Crippen molar-refractivity contribution in [1.29, 1.82) is 0 Å². The van der Waals surface area contributed by atoms with E-state index in [2.05, 4.69) is 23.4 Å². The molecule has 5 rings (SSSR count). The van der Waals surface area contributed by atoms with Crippen molar-refractivity contribution in [3.8, 4) is 0 Å². The van der Waals surface area contributed by atoms with Gasteiger partial charge in [-0.25, -0.2) is 0 Å². The van der Waals surface area contributed by atoms with E-state index in [-0.39, 0.29) is 35.5 Å². The van der Waals surface area contributed by atoms with Crippen LogP contribution >= 0.6 is 11.6 Å². The average molecular weight is 511 g/mol. The number of hydroxylamine groups is 1. The van der Waals surface area contributed by atoms with Crippen molar-refractivity contribution in [1.82, 2.24) is 10.4 Å². The van der Waals surface area contributed by atoms with E-state index in [0.717, 1.165) is 83.2 Å². The van der Waals surface area contributed by atoms with E-state index in [1.54, 1.807) is 0 Å². The summed E-state index contributed by atoms with van der Waals surface area (Å²) in [4.78, 5) is 8.76. The molecular weight excluding hydrogens is 464 g/mol. The van der Waals surface area contributed by atoms with Crippen molar-refractivity contribution >= 4 is 11.6 Å². The summed E-state index contributed by atoms with van der Waals surface area (Å²) in [5, 5.41) is 22.0. The summed E-state index contributed by atoms with van der Waals surface area (Å²) in [7, 11) is 0. The zero-order chi connectivity index (χ0) is 24.4. The van der Waals surface area contributed by atoms with Crippen LogP contribution in [0.2, 0.25) is 0 Å². The number of hydrogen-bond acceptors (Lipinski definition) is 6. The molecule has 2 saturated carbocycles. The van der Waals surface area contributed by atoms with E-state index in [1.165, 1.54) is 19.3 Å². The van der Waals surface area contributed by atoms with Gasteiger partial charge in [-0.3, -0.25) is 9.74 Å². The minimum Gasteiger partial charge on any atom is -0.492 e. The molecule has 2 aliphatic heterocycles. The lowest BCUT2D eigenvalue weighted by Crippen LogP contribution is -2.52. The molecule has 3 N–H and O–H groups in total. The number of hydrogen-bond donors (Lipinski definition) is 3. The van der Waals surface area contributed by atoms with Gasteiger partial charge in [-0.05, 0) is 82.2 Å². The third kappa shape index (κ3) is 6.04. The fourth-order valence-electron chi connectivity index (χ4n) is 7.53. The molecule has 0 amide bonds. The molecule has 0 aromatic carbocycles. The lowest BCUT2D eigenvalue weighted by Gasteiger charge is -2.42. The Morgan fingerprint density at radius 1 is 1.14 bits per heavy atom. The van der Waals surface area contributed by atoms with Crippen LogP contribution in [0.15, 0.2) is 11.8 Å². The number of nitrogens with zero attached hydrogens (tertiary/aromatic N) is 1. The SMILES string of the molecule is CCCN1CC(OC2=CCC(C(O)C3C(C4CCC(O)CC4)NO[C@@H]3[C@H]3CCCCC3Cl)CC2)C1. The number of aliphatic hydroxyl groups is 2. The highest BCUT2D eigenvalue weighted by Gasteiger charge is 2.51. The van der Waals surface area contributed by atoms with Crippen molar-refractivity contribution in [2.45, 2.75) is 120 Å². The lowest BCUT2D eigenvalue weighted by molar-refractivity contribution is -0.0562. The average Bonchev–Trinajstić information content (AvgIpc) is 3.28. The summed E-state index contributed by atoms with van der Waals surface area (Å²) in [5.41, 5.74) is 3.40. The summed E-state index contributed by atoms with van der Waals surface area (Å²) >= 11 is 6.84. The Labute approximate surface area is 216 Å². The van der Waals surface area contributed by atoms with Gasteiger partial charge >= 0.3 is 0 Å². The summed E-state index contributed by atoms with van der Waals surface area (Å²) in [5.74, 6) is 2.13. The van der Waals surface area contributed by atoms with Crippen LogP contribution in [0.4, 0.5) is 0 Å². The predicted octanol–water partition coefficient (Wildman–Crippen LogP) is 4.38. The van der Waals surface area contributed by atoms with Crippen LogP contribution in [0.1, 0.15) is 84.0 Å². The number of rotatable bonds is 8. The quantitative estimate of drug-likeness (QED) is 0.421. The van der Waals surface area contributed by atoms with Crippen LogP contribution in [0.3, 0.4) is 0 Å². The fourth-order valence-corrected chi connectivity index (χ4v) is 7.95. The van der Waals surface area contributed by atoms with Crippen molar-refractivity contribution in [3.63, 3.8) is 0 Å². The number of likely N-dealkylation sites (tertiary alicyclic amines) is 1. The van der Waals surface area contributed by atoms with Crippen molar-refractivity contribution in [2.75, 3.05) is 19.6 Å². The second kappa shape index (κ2) is 12.0. The minimum atomic E-state index is -0.417. The van der Waals surface area contributed by atoms with Gasteiger partial charge in [0.05, 0.1) is 24.1 Å². The third-order valence-corrected chi connectivity index (χ3v) is 10.1. The highest BCUT2D eigenvalue weighted by Crippen LogP contribution is 2.45. The van der Waals surface area contributed by atoms with E-state index in [1.807, 2.05) is 0 Å². The Bertz CT molecular complexity index is 709. The molecule has 2 heterocycles. The van der Waals surface area contributed by atoms with E-state index in [9.17, 15) is 10.2 Å². The Balaban J connectivity index is 1.23. The van der Waals surface area contributed by atoms with Gasteiger partial charge in [-0.15, -0.1) is 11.6 Å². The molecule has 3 aliphatic carbocycles. The monoisotopic (exact) mass is 510 g/mol. The molecule has 7 heteroatoms. The first kappa shape index (κ1) is 26.2. The molecule has 6 nitrogen and oxygen atoms in total. The van der Waals surface area contributed by atoms with Gasteiger partial charge in [0, 0.05) is 42.8 Å². The van der Waals surface area contributed by atoms with Crippen LogP contribution in [-0.2, 0) is 9.57 Å². The fraction of sp³-hybridized carbons (Fsp3) is 0.929. The zero-order valence-electron chi connectivity index (χ0n) is 21.5. The molecule has 0 aromatic rings. The standard InChI is InChI=1S/C28H47ClN2O4/c1-2-15-31-16-22(17-31)34-21-13-9-19(10-14-21)27(33)25-26(18-7-11-20(32)12-8-18)30-35-28(25)23-5-3-4-6-24(23)29/h13,18-20,22-28,30,32-33H,2-12,14-17H2,1H3/t18?,19?,20?,23-,24?,25?,26?,27?,28+/m0/s1.